The predicted molar refractivity (Wildman–Crippen MR) is 108 cm³/mol. The minimum absolute atomic E-state index is 0.143. The molecule has 142 valence electrons. The van der Waals surface area contributed by atoms with Gasteiger partial charge in [0, 0.05) is 30.7 Å². The number of hydrogen-bond acceptors (Lipinski definition) is 6. The van der Waals surface area contributed by atoms with Gasteiger partial charge in [-0.3, -0.25) is 4.79 Å². The van der Waals surface area contributed by atoms with Crippen molar-refractivity contribution in [2.75, 3.05) is 26.0 Å². The van der Waals surface area contributed by atoms with Crippen LogP contribution in [-0.2, 0) is 0 Å². The quantitative estimate of drug-likeness (QED) is 0.686. The molecule has 0 aliphatic heterocycles. The molecule has 0 fully saturated rings. The third-order valence-electron chi connectivity index (χ3n) is 4.38. The second kappa shape index (κ2) is 8.35. The Bertz CT molecular complexity index is 1060. The van der Waals surface area contributed by atoms with E-state index in [1.54, 1.807) is 26.4 Å². The first-order valence-corrected chi connectivity index (χ1v) is 8.87. The lowest BCUT2D eigenvalue weighted by Crippen LogP contribution is -2.19. The average molecular weight is 375 g/mol. The normalized spacial score (nSPS) is 11.5. The zero-order valence-electron chi connectivity index (χ0n) is 16.0. The molecule has 7 heteroatoms. The summed E-state index contributed by atoms with van der Waals surface area (Å²) >= 11 is 0. The highest BCUT2D eigenvalue weighted by Gasteiger charge is 2.13. The van der Waals surface area contributed by atoms with Gasteiger partial charge in [-0.2, -0.15) is 5.26 Å². The summed E-state index contributed by atoms with van der Waals surface area (Å²) < 4.78 is 5.50. The van der Waals surface area contributed by atoms with Gasteiger partial charge in [-0.1, -0.05) is 18.2 Å². The van der Waals surface area contributed by atoms with Crippen LogP contribution in [0, 0.1) is 17.2 Å². The van der Waals surface area contributed by atoms with Gasteiger partial charge in [0.15, 0.2) is 5.82 Å². The number of carbonyl (C=O) groups is 1. The molecule has 3 rings (SSSR count). The van der Waals surface area contributed by atoms with E-state index in [1.165, 1.54) is 0 Å². The minimum Gasteiger partial charge on any atom is -0.495 e. The molecule has 0 radical (unpaired) electrons. The third kappa shape index (κ3) is 3.86. The van der Waals surface area contributed by atoms with Crippen LogP contribution in [-0.4, -0.2) is 36.6 Å². The van der Waals surface area contributed by atoms with Gasteiger partial charge in [0.1, 0.15) is 11.4 Å². The maximum absolute atomic E-state index is 11.9. The number of aromatic nitrogens is 2. The van der Waals surface area contributed by atoms with Crippen LogP contribution in [0.5, 0.6) is 5.75 Å². The molecule has 2 aromatic carbocycles. The molecule has 0 aliphatic carbocycles. The van der Waals surface area contributed by atoms with Gasteiger partial charge in [-0.05, 0) is 30.5 Å². The summed E-state index contributed by atoms with van der Waals surface area (Å²) in [5.41, 5.74) is 1.90. The molecular formula is C21H21N5O2. The van der Waals surface area contributed by atoms with E-state index < -0.39 is 0 Å². The summed E-state index contributed by atoms with van der Waals surface area (Å²) in [5, 5.41) is 16.9. The number of fused-ring (bicyclic) bond motifs is 1. The van der Waals surface area contributed by atoms with Crippen molar-refractivity contribution in [2.45, 2.75) is 6.92 Å². The van der Waals surface area contributed by atoms with E-state index in [1.807, 2.05) is 37.3 Å². The highest BCUT2D eigenvalue weighted by molar-refractivity contribution is 5.99. The average Bonchev–Trinajstić information content (AvgIpc) is 2.76. The van der Waals surface area contributed by atoms with E-state index in [2.05, 4.69) is 26.7 Å². The molecule has 1 unspecified atom stereocenters. The summed E-state index contributed by atoms with van der Waals surface area (Å²) in [4.78, 5) is 20.5. The van der Waals surface area contributed by atoms with Gasteiger partial charge in [0.25, 0.3) is 5.91 Å². The Hall–Kier alpha value is -3.66. The number of hydrogen-bond donors (Lipinski definition) is 2. The Balaban J connectivity index is 2.09. The van der Waals surface area contributed by atoms with Crippen molar-refractivity contribution < 1.29 is 9.53 Å². The predicted octanol–water partition coefficient (Wildman–Crippen LogP) is 3.24. The van der Waals surface area contributed by atoms with Crippen molar-refractivity contribution >= 4 is 22.4 Å². The van der Waals surface area contributed by atoms with Crippen LogP contribution in [0.4, 0.5) is 5.69 Å². The smallest absolute Gasteiger partial charge is 0.269 e. The number of benzene rings is 2. The van der Waals surface area contributed by atoms with Crippen molar-refractivity contribution in [1.29, 1.82) is 5.26 Å². The van der Waals surface area contributed by atoms with Gasteiger partial charge in [0.05, 0.1) is 24.8 Å². The number of nitriles is 1. The molecule has 1 heterocycles. The van der Waals surface area contributed by atoms with E-state index in [0.717, 1.165) is 22.0 Å². The molecule has 3 aromatic rings. The monoisotopic (exact) mass is 375 g/mol. The summed E-state index contributed by atoms with van der Waals surface area (Å²) in [6.07, 6.45) is 1.57. The molecule has 7 nitrogen and oxygen atoms in total. The number of amides is 1. The van der Waals surface area contributed by atoms with E-state index in [9.17, 15) is 4.79 Å². The first-order chi connectivity index (χ1) is 13.6. The Labute approximate surface area is 163 Å². The molecule has 1 aromatic heterocycles. The zero-order valence-corrected chi connectivity index (χ0v) is 16.0. The topological polar surface area (TPSA) is 99.9 Å². The van der Waals surface area contributed by atoms with E-state index >= 15 is 0 Å². The Kier molecular flexibility index (Phi) is 5.70. The first kappa shape index (κ1) is 19.1. The van der Waals surface area contributed by atoms with Gasteiger partial charge >= 0.3 is 0 Å². The highest BCUT2D eigenvalue weighted by Crippen LogP contribution is 2.35. The van der Waals surface area contributed by atoms with Crippen LogP contribution < -0.4 is 15.4 Å². The van der Waals surface area contributed by atoms with Crippen LogP contribution in [0.1, 0.15) is 17.4 Å². The summed E-state index contributed by atoms with van der Waals surface area (Å²) in [6.45, 7) is 2.35. The fourth-order valence-corrected chi connectivity index (χ4v) is 2.84. The van der Waals surface area contributed by atoms with Gasteiger partial charge in [0.2, 0.25) is 0 Å². The zero-order chi connectivity index (χ0) is 20.1. The van der Waals surface area contributed by atoms with Crippen molar-refractivity contribution in [3.63, 3.8) is 0 Å². The molecule has 28 heavy (non-hydrogen) atoms. The van der Waals surface area contributed by atoms with Crippen molar-refractivity contribution in [1.82, 2.24) is 15.3 Å². The molecule has 0 spiro atoms. The fraction of sp³-hybridized carbons (Fsp3) is 0.238. The lowest BCUT2D eigenvalue weighted by molar-refractivity contribution is 0.0958. The summed E-state index contributed by atoms with van der Waals surface area (Å²) in [5.74, 6) is 0.742. The Morgan fingerprint density at radius 2 is 2.07 bits per heavy atom. The van der Waals surface area contributed by atoms with E-state index in [-0.39, 0.29) is 11.8 Å². The van der Waals surface area contributed by atoms with Crippen LogP contribution in [0.15, 0.2) is 42.6 Å². The second-order valence-corrected chi connectivity index (χ2v) is 6.33. The Morgan fingerprint density at radius 1 is 1.29 bits per heavy atom. The number of rotatable bonds is 6. The van der Waals surface area contributed by atoms with Crippen LogP contribution in [0.25, 0.3) is 22.2 Å². The number of nitrogens with zero attached hydrogens (tertiary/aromatic N) is 3. The van der Waals surface area contributed by atoms with Gasteiger partial charge in [-0.15, -0.1) is 0 Å². The molecule has 0 bridgehead atoms. The molecule has 1 atom stereocenters. The SMILES string of the molecule is CNC(=O)c1ccnc(-c2ccc3ccc(OC)c(NCC(C)C#N)c3c2)n1. The molecule has 0 aliphatic rings. The molecular weight excluding hydrogens is 354 g/mol. The largest absolute Gasteiger partial charge is 0.495 e. The van der Waals surface area contributed by atoms with E-state index in [4.69, 9.17) is 10.00 Å². The maximum Gasteiger partial charge on any atom is 0.269 e. The van der Waals surface area contributed by atoms with Gasteiger partial charge < -0.3 is 15.4 Å². The number of methoxy groups -OCH3 is 1. The highest BCUT2D eigenvalue weighted by atomic mass is 16.5. The first-order valence-electron chi connectivity index (χ1n) is 8.87. The molecule has 0 saturated carbocycles. The number of anilines is 1. The van der Waals surface area contributed by atoms with Gasteiger partial charge in [-0.25, -0.2) is 9.97 Å². The standard InChI is InChI=1S/C21H21N5O2/c1-13(11-22)12-25-19-16-10-15(5-4-14(16)6-7-18(19)28-3)20-24-9-8-17(26-20)21(27)23-2/h4-10,13,25H,12H2,1-3H3,(H,23,27). The number of nitrogens with one attached hydrogen (secondary N) is 2. The number of ether oxygens (including phenoxy) is 1. The second-order valence-electron chi connectivity index (χ2n) is 6.33. The van der Waals surface area contributed by atoms with Crippen molar-refractivity contribution in [3.05, 3.63) is 48.3 Å². The van der Waals surface area contributed by atoms with Crippen LogP contribution >= 0.6 is 0 Å². The molecule has 2 N–H and O–H groups in total. The van der Waals surface area contributed by atoms with Crippen LogP contribution in [0.3, 0.4) is 0 Å². The van der Waals surface area contributed by atoms with E-state index in [0.29, 0.717) is 23.8 Å². The van der Waals surface area contributed by atoms with Crippen molar-refractivity contribution in [3.8, 4) is 23.2 Å². The van der Waals surface area contributed by atoms with Crippen LogP contribution in [0.2, 0.25) is 0 Å². The lowest BCUT2D eigenvalue weighted by atomic mass is 10.0. The minimum atomic E-state index is -0.265. The Morgan fingerprint density at radius 3 is 2.79 bits per heavy atom. The third-order valence-corrected chi connectivity index (χ3v) is 4.38. The van der Waals surface area contributed by atoms with Crippen molar-refractivity contribution in [2.24, 2.45) is 5.92 Å². The molecule has 1 amide bonds. The molecule has 0 saturated heterocycles. The maximum atomic E-state index is 11.9. The lowest BCUT2D eigenvalue weighted by Gasteiger charge is -2.15. The summed E-state index contributed by atoms with van der Waals surface area (Å²) in [6, 6.07) is 13.5. The number of carbonyl (C=O) groups excluding carboxylic acids is 1. The fourth-order valence-electron chi connectivity index (χ4n) is 2.84. The summed E-state index contributed by atoms with van der Waals surface area (Å²) in [7, 11) is 3.17.